The highest BCUT2D eigenvalue weighted by atomic mass is 19.4. The Labute approximate surface area is 163 Å². The van der Waals surface area contributed by atoms with E-state index in [4.69, 9.17) is 4.42 Å². The SMILES string of the molecule is Cc1occc1C(=O)NNC(=O)[C@H]1CC(=O)N(Cc2cccc(C(F)(F)F)c2)C1. The minimum Gasteiger partial charge on any atom is -0.469 e. The molecule has 0 spiro atoms. The van der Waals surface area contributed by atoms with Gasteiger partial charge in [-0.15, -0.1) is 0 Å². The highest BCUT2D eigenvalue weighted by Crippen LogP contribution is 2.30. The minimum absolute atomic E-state index is 0.0346. The van der Waals surface area contributed by atoms with Crippen LogP contribution in [-0.2, 0) is 22.3 Å². The van der Waals surface area contributed by atoms with Crippen LogP contribution in [-0.4, -0.2) is 29.2 Å². The molecule has 1 saturated heterocycles. The Morgan fingerprint density at radius 2 is 2.00 bits per heavy atom. The number of nitrogens with zero attached hydrogens (tertiary/aromatic N) is 1. The fourth-order valence-corrected chi connectivity index (χ4v) is 3.08. The molecule has 1 aliphatic heterocycles. The van der Waals surface area contributed by atoms with Gasteiger partial charge in [0.05, 0.1) is 23.3 Å². The first-order chi connectivity index (χ1) is 13.6. The number of nitrogens with one attached hydrogen (secondary N) is 2. The summed E-state index contributed by atoms with van der Waals surface area (Å²) in [5, 5.41) is 0. The zero-order chi connectivity index (χ0) is 21.2. The molecular weight excluding hydrogens is 391 g/mol. The Hall–Kier alpha value is -3.30. The second kappa shape index (κ2) is 7.98. The number of hydrazine groups is 1. The third-order valence-electron chi connectivity index (χ3n) is 4.62. The van der Waals surface area contributed by atoms with Crippen molar-refractivity contribution in [1.29, 1.82) is 0 Å². The van der Waals surface area contributed by atoms with E-state index in [1.165, 1.54) is 29.4 Å². The molecule has 1 aliphatic rings. The van der Waals surface area contributed by atoms with E-state index < -0.39 is 29.5 Å². The fourth-order valence-electron chi connectivity index (χ4n) is 3.08. The molecular formula is C19H18F3N3O4. The number of rotatable bonds is 4. The standard InChI is InChI=1S/C19H18F3N3O4/c1-11-15(5-6-29-11)18(28)24-23-17(27)13-8-16(26)25(10-13)9-12-3-2-4-14(7-12)19(20,21)22/h2-7,13H,8-10H2,1H3,(H,23,27)(H,24,28)/t13-/m0/s1. The van der Waals surface area contributed by atoms with Gasteiger partial charge in [0, 0.05) is 19.5 Å². The zero-order valence-electron chi connectivity index (χ0n) is 15.4. The monoisotopic (exact) mass is 409 g/mol. The van der Waals surface area contributed by atoms with Crippen LogP contribution in [0.5, 0.6) is 0 Å². The predicted octanol–water partition coefficient (Wildman–Crippen LogP) is 2.42. The normalized spacial score (nSPS) is 16.8. The second-order valence-corrected chi connectivity index (χ2v) is 6.71. The van der Waals surface area contributed by atoms with Gasteiger partial charge in [-0.25, -0.2) is 0 Å². The number of halogens is 3. The minimum atomic E-state index is -4.47. The number of likely N-dealkylation sites (tertiary alicyclic amines) is 1. The van der Waals surface area contributed by atoms with E-state index in [9.17, 15) is 27.6 Å². The van der Waals surface area contributed by atoms with E-state index >= 15 is 0 Å². The summed E-state index contributed by atoms with van der Waals surface area (Å²) in [7, 11) is 0. The zero-order valence-corrected chi connectivity index (χ0v) is 15.4. The molecule has 154 valence electrons. The second-order valence-electron chi connectivity index (χ2n) is 6.71. The van der Waals surface area contributed by atoms with Gasteiger partial charge < -0.3 is 9.32 Å². The number of alkyl halides is 3. The Balaban J connectivity index is 1.56. The van der Waals surface area contributed by atoms with Crippen LogP contribution in [0, 0.1) is 12.8 Å². The molecule has 2 heterocycles. The number of benzene rings is 1. The van der Waals surface area contributed by atoms with Crippen LogP contribution >= 0.6 is 0 Å². The van der Waals surface area contributed by atoms with Crippen molar-refractivity contribution < 1.29 is 32.0 Å². The van der Waals surface area contributed by atoms with Gasteiger partial charge in [-0.1, -0.05) is 12.1 Å². The largest absolute Gasteiger partial charge is 0.469 e. The van der Waals surface area contributed by atoms with E-state index in [0.29, 0.717) is 11.3 Å². The van der Waals surface area contributed by atoms with Gasteiger partial charge >= 0.3 is 6.18 Å². The van der Waals surface area contributed by atoms with Gasteiger partial charge in [0.2, 0.25) is 11.8 Å². The third kappa shape index (κ3) is 4.76. The van der Waals surface area contributed by atoms with Crippen molar-refractivity contribution in [3.05, 3.63) is 59.0 Å². The van der Waals surface area contributed by atoms with Crippen LogP contribution in [0.25, 0.3) is 0 Å². The molecule has 1 aromatic heterocycles. The number of hydrogen-bond donors (Lipinski definition) is 2. The lowest BCUT2D eigenvalue weighted by molar-refractivity contribution is -0.137. The molecule has 0 radical (unpaired) electrons. The summed E-state index contributed by atoms with van der Waals surface area (Å²) in [6.45, 7) is 1.60. The Morgan fingerprint density at radius 3 is 2.66 bits per heavy atom. The van der Waals surface area contributed by atoms with Crippen LogP contribution in [0.1, 0.15) is 33.7 Å². The van der Waals surface area contributed by atoms with Gasteiger partial charge in [-0.2, -0.15) is 13.2 Å². The van der Waals surface area contributed by atoms with Crippen molar-refractivity contribution in [3.8, 4) is 0 Å². The first kappa shape index (κ1) is 20.4. The smallest absolute Gasteiger partial charge is 0.416 e. The van der Waals surface area contributed by atoms with Crippen LogP contribution in [0.3, 0.4) is 0 Å². The molecule has 0 unspecified atom stereocenters. The Kier molecular flexibility index (Phi) is 5.62. The summed E-state index contributed by atoms with van der Waals surface area (Å²) in [5.41, 5.74) is 4.30. The number of carbonyl (C=O) groups is 3. The number of carbonyl (C=O) groups excluding carboxylic acids is 3. The number of aryl methyl sites for hydroxylation is 1. The molecule has 0 saturated carbocycles. The molecule has 1 atom stereocenters. The van der Waals surface area contributed by atoms with E-state index in [-0.39, 0.29) is 31.0 Å². The molecule has 3 amide bonds. The number of hydrogen-bond acceptors (Lipinski definition) is 4. The summed E-state index contributed by atoms with van der Waals surface area (Å²) in [6.07, 6.45) is -3.22. The molecule has 2 aromatic rings. The van der Waals surface area contributed by atoms with Crippen molar-refractivity contribution in [2.24, 2.45) is 5.92 Å². The number of amides is 3. The average molecular weight is 409 g/mol. The molecule has 3 rings (SSSR count). The summed E-state index contributed by atoms with van der Waals surface area (Å²) in [6, 6.07) is 6.15. The quantitative estimate of drug-likeness (QED) is 0.759. The molecule has 29 heavy (non-hydrogen) atoms. The molecule has 1 aromatic carbocycles. The summed E-state index contributed by atoms with van der Waals surface area (Å²) in [4.78, 5) is 37.7. The van der Waals surface area contributed by atoms with Crippen molar-refractivity contribution >= 4 is 17.7 Å². The number of furan rings is 1. The Bertz CT molecular complexity index is 939. The lowest BCUT2D eigenvalue weighted by Crippen LogP contribution is -2.45. The van der Waals surface area contributed by atoms with Crippen LogP contribution in [0.2, 0.25) is 0 Å². The van der Waals surface area contributed by atoms with Crippen molar-refractivity contribution in [3.63, 3.8) is 0 Å². The molecule has 10 heteroatoms. The summed E-state index contributed by atoms with van der Waals surface area (Å²) < 4.78 is 43.5. The molecule has 1 fully saturated rings. The van der Waals surface area contributed by atoms with Crippen LogP contribution < -0.4 is 10.9 Å². The third-order valence-corrected chi connectivity index (χ3v) is 4.62. The molecule has 0 bridgehead atoms. The van der Waals surface area contributed by atoms with Gasteiger partial charge in [-0.3, -0.25) is 25.2 Å². The lowest BCUT2D eigenvalue weighted by atomic mass is 10.1. The maximum Gasteiger partial charge on any atom is 0.416 e. The first-order valence-electron chi connectivity index (χ1n) is 8.73. The fraction of sp³-hybridized carbons (Fsp3) is 0.316. The van der Waals surface area contributed by atoms with E-state index in [1.54, 1.807) is 6.92 Å². The highest BCUT2D eigenvalue weighted by molar-refractivity contribution is 5.97. The highest BCUT2D eigenvalue weighted by Gasteiger charge is 2.35. The van der Waals surface area contributed by atoms with Gasteiger partial charge in [0.1, 0.15) is 5.76 Å². The van der Waals surface area contributed by atoms with Crippen molar-refractivity contribution in [2.75, 3.05) is 6.54 Å². The van der Waals surface area contributed by atoms with Crippen molar-refractivity contribution in [1.82, 2.24) is 15.8 Å². The predicted molar refractivity (Wildman–Crippen MR) is 94.0 cm³/mol. The van der Waals surface area contributed by atoms with E-state index in [2.05, 4.69) is 10.9 Å². The average Bonchev–Trinajstić information content (AvgIpc) is 3.25. The molecule has 0 aliphatic carbocycles. The topological polar surface area (TPSA) is 91.6 Å². The maximum absolute atomic E-state index is 12.8. The van der Waals surface area contributed by atoms with Gasteiger partial charge in [0.15, 0.2) is 0 Å². The van der Waals surface area contributed by atoms with Crippen molar-refractivity contribution in [2.45, 2.75) is 26.1 Å². The van der Waals surface area contributed by atoms with Crippen LogP contribution in [0.4, 0.5) is 13.2 Å². The molecule has 2 N–H and O–H groups in total. The first-order valence-corrected chi connectivity index (χ1v) is 8.73. The van der Waals surface area contributed by atoms with Gasteiger partial charge in [-0.05, 0) is 30.7 Å². The lowest BCUT2D eigenvalue weighted by Gasteiger charge is -2.17. The van der Waals surface area contributed by atoms with Crippen LogP contribution in [0.15, 0.2) is 41.0 Å². The van der Waals surface area contributed by atoms with E-state index in [0.717, 1.165) is 12.1 Å². The van der Waals surface area contributed by atoms with E-state index in [1.807, 2.05) is 0 Å². The maximum atomic E-state index is 12.8. The van der Waals surface area contributed by atoms with Gasteiger partial charge in [0.25, 0.3) is 5.91 Å². The summed E-state index contributed by atoms with van der Waals surface area (Å²) in [5.74, 6) is -1.80. The Morgan fingerprint density at radius 1 is 1.24 bits per heavy atom. The summed E-state index contributed by atoms with van der Waals surface area (Å²) >= 11 is 0. The molecule has 7 nitrogen and oxygen atoms in total.